The molecule has 0 aliphatic rings. The quantitative estimate of drug-likeness (QED) is 0.421. The Bertz CT molecular complexity index is 332. The summed E-state index contributed by atoms with van der Waals surface area (Å²) in [6.07, 6.45) is 0.0732. The van der Waals surface area contributed by atoms with Crippen molar-refractivity contribution in [2.75, 3.05) is 0 Å². The van der Waals surface area contributed by atoms with Crippen LogP contribution in [-0.4, -0.2) is 11.8 Å². The van der Waals surface area contributed by atoms with Gasteiger partial charge in [0.25, 0.3) is 0 Å². The number of benzene rings is 1. The van der Waals surface area contributed by atoms with Crippen LogP contribution in [0, 0.1) is 0 Å². The molecule has 0 saturated carbocycles. The lowest BCUT2D eigenvalue weighted by Gasteiger charge is -2.02. The molecule has 0 aliphatic heterocycles. The van der Waals surface area contributed by atoms with Gasteiger partial charge in [-0.3, -0.25) is 9.68 Å². The Kier molecular flexibility index (Phi) is 4.34. The van der Waals surface area contributed by atoms with Crippen molar-refractivity contribution in [3.8, 4) is 5.75 Å². The van der Waals surface area contributed by atoms with Crippen LogP contribution in [0.3, 0.4) is 0 Å². The SMILES string of the molecule is CCC(=O)CC(=O)OOc1ccccc1. The van der Waals surface area contributed by atoms with Gasteiger partial charge in [0, 0.05) is 6.42 Å². The van der Waals surface area contributed by atoms with Gasteiger partial charge in [0.05, 0.1) is 0 Å². The Morgan fingerprint density at radius 3 is 2.47 bits per heavy atom. The third kappa shape index (κ3) is 4.26. The first-order valence-corrected chi connectivity index (χ1v) is 4.66. The second kappa shape index (κ2) is 5.80. The second-order valence-corrected chi connectivity index (χ2v) is 2.92. The number of hydrogen-bond acceptors (Lipinski definition) is 4. The Hall–Kier alpha value is -1.84. The van der Waals surface area contributed by atoms with Crippen molar-refractivity contribution in [2.24, 2.45) is 0 Å². The minimum Gasteiger partial charge on any atom is -0.299 e. The first kappa shape index (κ1) is 11.2. The fourth-order valence-electron chi connectivity index (χ4n) is 0.886. The largest absolute Gasteiger partial charge is 0.362 e. The maximum Gasteiger partial charge on any atom is 0.362 e. The summed E-state index contributed by atoms with van der Waals surface area (Å²) in [5.41, 5.74) is 0. The number of hydrogen-bond donors (Lipinski definition) is 0. The zero-order valence-electron chi connectivity index (χ0n) is 8.43. The molecule has 0 heterocycles. The van der Waals surface area contributed by atoms with Gasteiger partial charge in [-0.25, -0.2) is 9.68 Å². The third-order valence-corrected chi connectivity index (χ3v) is 1.71. The van der Waals surface area contributed by atoms with Gasteiger partial charge >= 0.3 is 5.97 Å². The number of carbonyl (C=O) groups is 2. The van der Waals surface area contributed by atoms with E-state index in [2.05, 4.69) is 4.89 Å². The van der Waals surface area contributed by atoms with E-state index in [1.807, 2.05) is 6.07 Å². The maximum atomic E-state index is 11.0. The second-order valence-electron chi connectivity index (χ2n) is 2.92. The summed E-state index contributed by atoms with van der Waals surface area (Å²) in [5.74, 6) is -0.419. The highest BCUT2D eigenvalue weighted by atomic mass is 17.2. The molecule has 0 aliphatic carbocycles. The van der Waals surface area contributed by atoms with Gasteiger partial charge in [-0.1, -0.05) is 25.1 Å². The van der Waals surface area contributed by atoms with Crippen molar-refractivity contribution < 1.29 is 19.4 Å². The molecule has 4 heteroatoms. The first-order chi connectivity index (χ1) is 7.22. The predicted octanol–water partition coefficient (Wildman–Crippen LogP) is 1.89. The number of carbonyl (C=O) groups excluding carboxylic acids is 2. The normalized spacial score (nSPS) is 9.40. The van der Waals surface area contributed by atoms with Crippen LogP contribution in [0.25, 0.3) is 0 Å². The van der Waals surface area contributed by atoms with Crippen molar-refractivity contribution in [1.82, 2.24) is 0 Å². The zero-order valence-corrected chi connectivity index (χ0v) is 8.43. The molecular formula is C11H12O4. The summed E-state index contributed by atoms with van der Waals surface area (Å²) in [4.78, 5) is 31.0. The van der Waals surface area contributed by atoms with Crippen LogP contribution in [0.4, 0.5) is 0 Å². The highest BCUT2D eigenvalue weighted by molar-refractivity contribution is 5.95. The van der Waals surface area contributed by atoms with Crippen LogP contribution in [-0.2, 0) is 14.5 Å². The average Bonchev–Trinajstić information content (AvgIpc) is 2.27. The van der Waals surface area contributed by atoms with Crippen molar-refractivity contribution in [3.05, 3.63) is 30.3 Å². The molecule has 0 radical (unpaired) electrons. The molecule has 0 amide bonds. The van der Waals surface area contributed by atoms with Gasteiger partial charge in [0.1, 0.15) is 12.2 Å². The van der Waals surface area contributed by atoms with Gasteiger partial charge in [-0.15, -0.1) is 0 Å². The van der Waals surface area contributed by atoms with Crippen LogP contribution >= 0.6 is 0 Å². The molecule has 0 bridgehead atoms. The Balaban J connectivity index is 2.32. The molecule has 0 aromatic heterocycles. The van der Waals surface area contributed by atoms with E-state index in [1.165, 1.54) is 0 Å². The van der Waals surface area contributed by atoms with Crippen molar-refractivity contribution in [3.63, 3.8) is 0 Å². The van der Waals surface area contributed by atoms with Gasteiger partial charge in [0.15, 0.2) is 5.75 Å². The van der Waals surface area contributed by atoms with Crippen molar-refractivity contribution >= 4 is 11.8 Å². The van der Waals surface area contributed by atoms with E-state index in [1.54, 1.807) is 31.2 Å². The van der Waals surface area contributed by atoms with Crippen LogP contribution in [0.1, 0.15) is 19.8 Å². The lowest BCUT2D eigenvalue weighted by Crippen LogP contribution is -2.12. The van der Waals surface area contributed by atoms with Gasteiger partial charge in [-0.05, 0) is 12.1 Å². The van der Waals surface area contributed by atoms with E-state index in [0.717, 1.165) is 0 Å². The Morgan fingerprint density at radius 1 is 1.20 bits per heavy atom. The highest BCUT2D eigenvalue weighted by Crippen LogP contribution is 2.08. The Morgan fingerprint density at radius 2 is 1.87 bits per heavy atom. The molecule has 0 atom stereocenters. The molecule has 1 aromatic rings. The summed E-state index contributed by atoms with van der Waals surface area (Å²) in [5, 5.41) is 0. The van der Waals surface area contributed by atoms with Crippen LogP contribution in [0.2, 0.25) is 0 Å². The fourth-order valence-corrected chi connectivity index (χ4v) is 0.886. The third-order valence-electron chi connectivity index (χ3n) is 1.71. The summed E-state index contributed by atoms with van der Waals surface area (Å²) in [7, 11) is 0. The number of para-hydroxylation sites is 1. The smallest absolute Gasteiger partial charge is 0.299 e. The lowest BCUT2D eigenvalue weighted by atomic mass is 10.2. The van der Waals surface area contributed by atoms with Gasteiger partial charge < -0.3 is 0 Å². The molecule has 0 spiro atoms. The van der Waals surface area contributed by atoms with Crippen LogP contribution in [0.15, 0.2) is 30.3 Å². The topological polar surface area (TPSA) is 52.6 Å². The van der Waals surface area contributed by atoms with E-state index >= 15 is 0 Å². The van der Waals surface area contributed by atoms with E-state index < -0.39 is 5.97 Å². The van der Waals surface area contributed by atoms with E-state index in [0.29, 0.717) is 12.2 Å². The molecule has 4 nitrogen and oxygen atoms in total. The number of ketones is 1. The molecule has 0 fully saturated rings. The summed E-state index contributed by atoms with van der Waals surface area (Å²) < 4.78 is 0. The lowest BCUT2D eigenvalue weighted by molar-refractivity contribution is -0.213. The first-order valence-electron chi connectivity index (χ1n) is 4.66. The molecule has 0 N–H and O–H groups in total. The zero-order chi connectivity index (χ0) is 11.1. The minimum absolute atomic E-state index is 0.170. The number of rotatable bonds is 5. The molecule has 15 heavy (non-hydrogen) atoms. The summed E-state index contributed by atoms with van der Waals surface area (Å²) in [6.45, 7) is 1.69. The monoisotopic (exact) mass is 208 g/mol. The average molecular weight is 208 g/mol. The molecule has 80 valence electrons. The minimum atomic E-state index is -0.675. The number of Topliss-reactive ketones (excluding diaryl/α,β-unsaturated/α-hetero) is 1. The van der Waals surface area contributed by atoms with E-state index in [-0.39, 0.29) is 12.2 Å². The molecular weight excluding hydrogens is 196 g/mol. The van der Waals surface area contributed by atoms with Gasteiger partial charge in [0.2, 0.25) is 0 Å². The van der Waals surface area contributed by atoms with E-state index in [4.69, 9.17) is 4.89 Å². The Labute approximate surface area is 87.7 Å². The molecule has 0 unspecified atom stereocenters. The molecule has 1 aromatic carbocycles. The van der Waals surface area contributed by atoms with Crippen molar-refractivity contribution in [1.29, 1.82) is 0 Å². The van der Waals surface area contributed by atoms with Crippen LogP contribution < -0.4 is 4.89 Å². The predicted molar refractivity (Wildman–Crippen MR) is 53.1 cm³/mol. The van der Waals surface area contributed by atoms with Crippen molar-refractivity contribution in [2.45, 2.75) is 19.8 Å². The standard InChI is InChI=1S/C11H12O4/c1-2-9(12)8-11(13)15-14-10-6-4-3-5-7-10/h3-7H,2,8H2,1H3. The maximum absolute atomic E-state index is 11.0. The fraction of sp³-hybridized carbons (Fsp3) is 0.273. The summed E-state index contributed by atoms with van der Waals surface area (Å²) in [6, 6.07) is 8.61. The summed E-state index contributed by atoms with van der Waals surface area (Å²) >= 11 is 0. The molecule has 0 saturated heterocycles. The van der Waals surface area contributed by atoms with Gasteiger partial charge in [-0.2, -0.15) is 0 Å². The molecule has 1 rings (SSSR count). The van der Waals surface area contributed by atoms with E-state index in [9.17, 15) is 9.59 Å². The highest BCUT2D eigenvalue weighted by Gasteiger charge is 2.10. The van der Waals surface area contributed by atoms with Crippen LogP contribution in [0.5, 0.6) is 5.75 Å².